The fraction of sp³-hybridized carbons (Fsp3) is 0. The molecule has 2 nitrogen and oxygen atoms in total. The first-order chi connectivity index (χ1) is 24.3. The van der Waals surface area contributed by atoms with E-state index < -0.39 is 0 Å². The molecule has 3 heteroatoms. The van der Waals surface area contributed by atoms with Crippen LogP contribution in [-0.4, -0.2) is 0 Å². The highest BCUT2D eigenvalue weighted by atomic mass is 32.1. The Morgan fingerprint density at radius 3 is 1.90 bits per heavy atom. The number of hydrogen-bond acceptors (Lipinski definition) is 3. The van der Waals surface area contributed by atoms with Crippen molar-refractivity contribution in [2.75, 3.05) is 4.90 Å². The van der Waals surface area contributed by atoms with Crippen LogP contribution in [0.3, 0.4) is 0 Å². The van der Waals surface area contributed by atoms with Gasteiger partial charge in [0.15, 0.2) is 0 Å². The predicted octanol–water partition coefficient (Wildman–Crippen LogP) is 13.9. The van der Waals surface area contributed by atoms with Gasteiger partial charge in [0.2, 0.25) is 0 Å². The van der Waals surface area contributed by atoms with Crippen molar-refractivity contribution < 1.29 is 4.42 Å². The average molecular weight is 644 g/mol. The van der Waals surface area contributed by atoms with Gasteiger partial charge in [-0.25, -0.2) is 0 Å². The van der Waals surface area contributed by atoms with Crippen LogP contribution in [-0.2, 0) is 0 Å². The Morgan fingerprint density at radius 2 is 1.02 bits per heavy atom. The van der Waals surface area contributed by atoms with Crippen molar-refractivity contribution in [1.82, 2.24) is 0 Å². The van der Waals surface area contributed by atoms with Crippen LogP contribution in [0.1, 0.15) is 0 Å². The Labute approximate surface area is 287 Å². The number of nitrogens with zero attached hydrogens (tertiary/aromatic N) is 1. The summed E-state index contributed by atoms with van der Waals surface area (Å²) >= 11 is 1.86. The first kappa shape index (κ1) is 27.9. The summed E-state index contributed by atoms with van der Waals surface area (Å²) in [5.74, 6) is 0. The van der Waals surface area contributed by atoms with Crippen molar-refractivity contribution >= 4 is 81.3 Å². The van der Waals surface area contributed by atoms with E-state index in [9.17, 15) is 0 Å². The molecule has 0 aliphatic rings. The third kappa shape index (κ3) is 4.40. The van der Waals surface area contributed by atoms with Gasteiger partial charge in [-0.15, -0.1) is 11.3 Å². The Hall–Kier alpha value is -6.16. The Bertz CT molecular complexity index is 2840. The van der Waals surface area contributed by atoms with Crippen LogP contribution in [0.5, 0.6) is 0 Å². The Morgan fingerprint density at radius 1 is 0.388 bits per heavy atom. The summed E-state index contributed by atoms with van der Waals surface area (Å²) in [5.41, 5.74) is 9.80. The lowest BCUT2D eigenvalue weighted by Gasteiger charge is -2.30. The van der Waals surface area contributed by atoms with E-state index in [0.29, 0.717) is 0 Å². The molecule has 8 aromatic carbocycles. The molecule has 230 valence electrons. The van der Waals surface area contributed by atoms with Crippen LogP contribution in [0, 0.1) is 0 Å². The molecule has 0 fully saturated rings. The fourth-order valence-electron chi connectivity index (χ4n) is 7.54. The quantitative estimate of drug-likeness (QED) is 0.186. The van der Waals surface area contributed by atoms with Gasteiger partial charge in [0.05, 0.1) is 22.4 Å². The number of thiophene rings is 1. The summed E-state index contributed by atoms with van der Waals surface area (Å²) in [5, 5.41) is 7.08. The van der Waals surface area contributed by atoms with Gasteiger partial charge < -0.3 is 9.32 Å². The highest BCUT2D eigenvalue weighted by Gasteiger charge is 2.25. The van der Waals surface area contributed by atoms with Crippen LogP contribution in [0.2, 0.25) is 0 Å². The van der Waals surface area contributed by atoms with E-state index in [4.69, 9.17) is 4.42 Å². The zero-order valence-electron chi connectivity index (χ0n) is 26.5. The van der Waals surface area contributed by atoms with Gasteiger partial charge in [0.25, 0.3) is 0 Å². The summed E-state index contributed by atoms with van der Waals surface area (Å²) in [6, 6.07) is 63.2. The molecule has 0 unspecified atom stereocenters. The maximum Gasteiger partial charge on any atom is 0.143 e. The summed E-state index contributed by atoms with van der Waals surface area (Å²) in [4.78, 5) is 2.46. The standard InChI is InChI=1S/C46H29NOS/c1-2-14-30(15-3-1)32-17-6-9-22-38(32)47(40-24-13-25-41-45(40)37-29-28-31-16-4-5-18-33(31)46(37)48-41)39-23-10-7-19-34(39)35-21-12-27-43-44(35)36-20-8-11-26-42(36)49-43/h1-29H. The lowest BCUT2D eigenvalue weighted by atomic mass is 9.95. The average Bonchev–Trinajstić information content (AvgIpc) is 3.75. The second-order valence-corrected chi connectivity index (χ2v) is 13.5. The van der Waals surface area contributed by atoms with Gasteiger partial charge in [-0.3, -0.25) is 0 Å². The summed E-state index contributed by atoms with van der Waals surface area (Å²) in [7, 11) is 0. The van der Waals surface area contributed by atoms with Crippen molar-refractivity contribution in [3.8, 4) is 22.3 Å². The van der Waals surface area contributed by atoms with E-state index in [1.54, 1.807) is 0 Å². The van der Waals surface area contributed by atoms with E-state index in [1.165, 1.54) is 42.2 Å². The second kappa shape index (κ2) is 11.2. The number of hydrogen-bond donors (Lipinski definition) is 0. The monoisotopic (exact) mass is 643 g/mol. The molecule has 0 atom stereocenters. The predicted molar refractivity (Wildman–Crippen MR) is 210 cm³/mol. The van der Waals surface area contributed by atoms with E-state index in [0.717, 1.165) is 50.0 Å². The number of benzene rings is 8. The van der Waals surface area contributed by atoms with Crippen molar-refractivity contribution in [3.05, 3.63) is 176 Å². The van der Waals surface area contributed by atoms with Gasteiger partial charge in [-0.2, -0.15) is 0 Å². The van der Waals surface area contributed by atoms with Crippen molar-refractivity contribution in [2.45, 2.75) is 0 Å². The third-order valence-electron chi connectivity index (χ3n) is 9.67. The molecule has 0 saturated heterocycles. The lowest BCUT2D eigenvalue weighted by molar-refractivity contribution is 0.672. The molecule has 49 heavy (non-hydrogen) atoms. The van der Waals surface area contributed by atoms with Gasteiger partial charge in [0, 0.05) is 42.1 Å². The lowest BCUT2D eigenvalue weighted by Crippen LogP contribution is -2.12. The van der Waals surface area contributed by atoms with E-state index in [1.807, 2.05) is 11.3 Å². The molecular weight excluding hydrogens is 615 g/mol. The molecule has 10 aromatic rings. The first-order valence-electron chi connectivity index (χ1n) is 16.6. The van der Waals surface area contributed by atoms with Crippen LogP contribution in [0.15, 0.2) is 180 Å². The van der Waals surface area contributed by atoms with Crippen LogP contribution < -0.4 is 4.90 Å². The molecule has 10 rings (SSSR count). The number of anilines is 3. The van der Waals surface area contributed by atoms with Gasteiger partial charge in [-0.1, -0.05) is 133 Å². The van der Waals surface area contributed by atoms with Crippen LogP contribution in [0.25, 0.3) is 75.1 Å². The highest BCUT2D eigenvalue weighted by molar-refractivity contribution is 7.25. The zero-order valence-corrected chi connectivity index (χ0v) is 27.3. The van der Waals surface area contributed by atoms with Crippen molar-refractivity contribution in [1.29, 1.82) is 0 Å². The summed E-state index contributed by atoms with van der Waals surface area (Å²) in [6.45, 7) is 0. The molecule has 0 saturated carbocycles. The molecule has 0 amide bonds. The molecule has 2 heterocycles. The minimum Gasteiger partial charge on any atom is -0.455 e. The van der Waals surface area contributed by atoms with Crippen LogP contribution >= 0.6 is 11.3 Å². The molecule has 0 bridgehead atoms. The fourth-order valence-corrected chi connectivity index (χ4v) is 8.67. The van der Waals surface area contributed by atoms with Gasteiger partial charge in [0.1, 0.15) is 11.2 Å². The summed E-state index contributed by atoms with van der Waals surface area (Å²) < 4.78 is 9.32. The van der Waals surface area contributed by atoms with Crippen molar-refractivity contribution in [2.24, 2.45) is 0 Å². The molecular formula is C46H29NOS. The molecule has 0 aliphatic carbocycles. The first-order valence-corrected chi connectivity index (χ1v) is 17.4. The van der Waals surface area contributed by atoms with E-state index in [-0.39, 0.29) is 0 Å². The number of fused-ring (bicyclic) bond motifs is 8. The Balaban J connectivity index is 1.32. The van der Waals surface area contributed by atoms with Gasteiger partial charge in [-0.05, 0) is 59.0 Å². The SMILES string of the molecule is c1ccc(-c2ccccc2N(c2ccccc2-c2cccc3sc4ccccc4c23)c2cccc3oc4c5ccccc5ccc4c23)cc1. The smallest absolute Gasteiger partial charge is 0.143 e. The Kier molecular flexibility index (Phi) is 6.39. The maximum atomic E-state index is 6.73. The number of para-hydroxylation sites is 2. The molecule has 0 radical (unpaired) electrons. The normalized spacial score (nSPS) is 11.7. The molecule has 0 spiro atoms. The minimum absolute atomic E-state index is 0.870. The number of rotatable bonds is 5. The third-order valence-corrected chi connectivity index (χ3v) is 10.8. The highest BCUT2D eigenvalue weighted by Crippen LogP contribution is 2.50. The molecule has 0 N–H and O–H groups in total. The molecule has 0 aliphatic heterocycles. The molecule has 2 aromatic heterocycles. The van der Waals surface area contributed by atoms with E-state index in [2.05, 4.69) is 181 Å². The number of furan rings is 1. The van der Waals surface area contributed by atoms with Crippen LogP contribution in [0.4, 0.5) is 17.1 Å². The summed E-state index contributed by atoms with van der Waals surface area (Å²) in [6.07, 6.45) is 0. The van der Waals surface area contributed by atoms with Crippen molar-refractivity contribution in [3.63, 3.8) is 0 Å². The zero-order chi connectivity index (χ0) is 32.3. The maximum absolute atomic E-state index is 6.73. The second-order valence-electron chi connectivity index (χ2n) is 12.4. The topological polar surface area (TPSA) is 16.4 Å². The minimum atomic E-state index is 0.870. The van der Waals surface area contributed by atoms with E-state index >= 15 is 0 Å². The van der Waals surface area contributed by atoms with Gasteiger partial charge >= 0.3 is 0 Å². The largest absolute Gasteiger partial charge is 0.455 e.